The molecule has 30 heavy (non-hydrogen) atoms. The minimum Gasteiger partial charge on any atom is -0.496 e. The first kappa shape index (κ1) is 21.5. The summed E-state index contributed by atoms with van der Waals surface area (Å²) in [4.78, 5) is 26.8. The number of hydrogen-bond acceptors (Lipinski definition) is 4. The Bertz CT molecular complexity index is 1100. The lowest BCUT2D eigenvalue weighted by molar-refractivity contribution is 0.102. The van der Waals surface area contributed by atoms with E-state index in [4.69, 9.17) is 4.74 Å². The molecule has 0 heterocycles. The van der Waals surface area contributed by atoms with E-state index in [9.17, 15) is 9.59 Å². The van der Waals surface area contributed by atoms with Crippen LogP contribution in [0.25, 0.3) is 0 Å². The number of anilines is 2. The number of amides is 2. The second-order valence-corrected chi connectivity index (χ2v) is 7.72. The molecule has 154 valence electrons. The van der Waals surface area contributed by atoms with Gasteiger partial charge in [-0.3, -0.25) is 9.59 Å². The van der Waals surface area contributed by atoms with Crippen molar-refractivity contribution in [1.29, 1.82) is 0 Å². The van der Waals surface area contributed by atoms with Crippen LogP contribution in [0.1, 0.15) is 31.8 Å². The van der Waals surface area contributed by atoms with Crippen molar-refractivity contribution in [2.75, 3.05) is 24.0 Å². The second kappa shape index (κ2) is 9.50. The summed E-state index contributed by atoms with van der Waals surface area (Å²) in [5, 5.41) is 5.79. The minimum absolute atomic E-state index is 0.288. The number of hydrogen-bond donors (Lipinski definition) is 2. The molecule has 0 bridgehead atoms. The third kappa shape index (κ3) is 4.83. The molecule has 3 aromatic carbocycles. The maximum absolute atomic E-state index is 12.9. The Labute approximate surface area is 180 Å². The van der Waals surface area contributed by atoms with Gasteiger partial charge in [-0.15, -0.1) is 11.8 Å². The molecule has 3 rings (SSSR count). The van der Waals surface area contributed by atoms with Crippen LogP contribution in [0.3, 0.4) is 0 Å². The summed E-state index contributed by atoms with van der Waals surface area (Å²) in [5.41, 5.74) is 3.98. The van der Waals surface area contributed by atoms with E-state index in [1.54, 1.807) is 42.1 Å². The van der Waals surface area contributed by atoms with E-state index < -0.39 is 0 Å². The van der Waals surface area contributed by atoms with E-state index in [-0.39, 0.29) is 11.8 Å². The Hall–Kier alpha value is -3.25. The lowest BCUT2D eigenvalue weighted by atomic mass is 10.1. The quantitative estimate of drug-likeness (QED) is 0.514. The average molecular weight is 421 g/mol. The molecular weight excluding hydrogens is 396 g/mol. The van der Waals surface area contributed by atoms with Crippen molar-refractivity contribution in [3.05, 3.63) is 82.9 Å². The SMILES string of the molecule is COc1cc(SC)ccc1C(=O)Nc1ccccc1C(=O)Nc1cc(C)ccc1C. The monoisotopic (exact) mass is 420 g/mol. The number of benzene rings is 3. The molecule has 0 fully saturated rings. The first-order valence-electron chi connectivity index (χ1n) is 9.44. The van der Waals surface area contributed by atoms with Crippen LogP contribution >= 0.6 is 11.8 Å². The maximum atomic E-state index is 12.9. The summed E-state index contributed by atoms with van der Waals surface area (Å²) in [6.45, 7) is 3.91. The van der Waals surface area contributed by atoms with Crippen LogP contribution in [0.15, 0.2) is 65.6 Å². The van der Waals surface area contributed by atoms with Crippen LogP contribution < -0.4 is 15.4 Å². The highest BCUT2D eigenvalue weighted by Gasteiger charge is 2.17. The van der Waals surface area contributed by atoms with Crippen LogP contribution in [-0.4, -0.2) is 25.2 Å². The Morgan fingerprint density at radius 2 is 1.53 bits per heavy atom. The second-order valence-electron chi connectivity index (χ2n) is 6.84. The van der Waals surface area contributed by atoms with Crippen molar-refractivity contribution in [1.82, 2.24) is 0 Å². The number of para-hydroxylation sites is 1. The number of carbonyl (C=O) groups excluding carboxylic acids is 2. The molecule has 0 aliphatic heterocycles. The van der Waals surface area contributed by atoms with Crippen molar-refractivity contribution < 1.29 is 14.3 Å². The van der Waals surface area contributed by atoms with Gasteiger partial charge in [0, 0.05) is 10.6 Å². The molecule has 0 saturated carbocycles. The first-order valence-corrected chi connectivity index (χ1v) is 10.7. The summed E-state index contributed by atoms with van der Waals surface area (Å²) in [5.74, 6) is -0.146. The number of methoxy groups -OCH3 is 1. The highest BCUT2D eigenvalue weighted by molar-refractivity contribution is 7.98. The van der Waals surface area contributed by atoms with Crippen LogP contribution in [0.5, 0.6) is 5.75 Å². The molecule has 3 aromatic rings. The smallest absolute Gasteiger partial charge is 0.259 e. The van der Waals surface area contributed by atoms with Gasteiger partial charge in [0.15, 0.2) is 0 Å². The molecule has 6 heteroatoms. The van der Waals surface area contributed by atoms with Gasteiger partial charge < -0.3 is 15.4 Å². The third-order valence-electron chi connectivity index (χ3n) is 4.71. The summed E-state index contributed by atoms with van der Waals surface area (Å²) in [6, 6.07) is 18.2. The maximum Gasteiger partial charge on any atom is 0.259 e. The van der Waals surface area contributed by atoms with Gasteiger partial charge in [0.25, 0.3) is 11.8 Å². The lowest BCUT2D eigenvalue weighted by Crippen LogP contribution is -2.19. The Balaban J connectivity index is 1.86. The van der Waals surface area contributed by atoms with Gasteiger partial charge in [-0.25, -0.2) is 0 Å². The van der Waals surface area contributed by atoms with Gasteiger partial charge >= 0.3 is 0 Å². The molecule has 0 aliphatic rings. The van der Waals surface area contributed by atoms with Crippen LogP contribution in [-0.2, 0) is 0 Å². The van der Waals surface area contributed by atoms with Crippen molar-refractivity contribution >= 4 is 35.0 Å². The zero-order valence-electron chi connectivity index (χ0n) is 17.4. The molecule has 5 nitrogen and oxygen atoms in total. The minimum atomic E-state index is -0.341. The molecule has 0 aliphatic carbocycles. The van der Waals surface area contributed by atoms with Gasteiger partial charge in [0.05, 0.1) is 23.9 Å². The van der Waals surface area contributed by atoms with Gasteiger partial charge in [0.2, 0.25) is 0 Å². The normalized spacial score (nSPS) is 10.4. The number of aryl methyl sites for hydroxylation is 2. The lowest BCUT2D eigenvalue weighted by Gasteiger charge is -2.14. The topological polar surface area (TPSA) is 67.4 Å². The van der Waals surface area contributed by atoms with Crippen molar-refractivity contribution in [2.24, 2.45) is 0 Å². The van der Waals surface area contributed by atoms with E-state index in [0.717, 1.165) is 21.7 Å². The summed E-state index contributed by atoms with van der Waals surface area (Å²) < 4.78 is 5.37. The predicted octanol–water partition coefficient (Wildman–Crippen LogP) is 5.54. The molecule has 0 saturated heterocycles. The Kier molecular flexibility index (Phi) is 6.79. The van der Waals surface area contributed by atoms with Crippen LogP contribution in [0, 0.1) is 13.8 Å². The van der Waals surface area contributed by atoms with Gasteiger partial charge in [-0.2, -0.15) is 0 Å². The summed E-state index contributed by atoms with van der Waals surface area (Å²) in [7, 11) is 1.53. The zero-order valence-corrected chi connectivity index (χ0v) is 18.2. The van der Waals surface area contributed by atoms with Crippen molar-refractivity contribution in [2.45, 2.75) is 18.7 Å². The fourth-order valence-electron chi connectivity index (χ4n) is 3.03. The van der Waals surface area contributed by atoms with E-state index in [2.05, 4.69) is 10.6 Å². The Morgan fingerprint density at radius 3 is 2.27 bits per heavy atom. The molecular formula is C24H24N2O3S. The molecule has 0 atom stereocenters. The van der Waals surface area contributed by atoms with E-state index in [1.165, 1.54) is 7.11 Å². The zero-order chi connectivity index (χ0) is 21.7. The molecule has 2 amide bonds. The molecule has 0 spiro atoms. The number of carbonyl (C=O) groups is 2. The first-order chi connectivity index (χ1) is 14.4. The largest absolute Gasteiger partial charge is 0.496 e. The fourth-order valence-corrected chi connectivity index (χ4v) is 3.46. The molecule has 0 aromatic heterocycles. The van der Waals surface area contributed by atoms with Gasteiger partial charge in [-0.1, -0.05) is 24.3 Å². The summed E-state index contributed by atoms with van der Waals surface area (Å²) in [6.07, 6.45) is 1.96. The number of ether oxygens (including phenoxy) is 1. The Morgan fingerprint density at radius 1 is 0.833 bits per heavy atom. The van der Waals surface area contributed by atoms with Crippen LogP contribution in [0.4, 0.5) is 11.4 Å². The van der Waals surface area contributed by atoms with Gasteiger partial charge in [0.1, 0.15) is 5.75 Å². The number of rotatable bonds is 6. The molecule has 0 radical (unpaired) electrons. The van der Waals surface area contributed by atoms with E-state index in [0.29, 0.717) is 22.6 Å². The fraction of sp³-hybridized carbons (Fsp3) is 0.167. The average Bonchev–Trinajstić information content (AvgIpc) is 2.76. The molecule has 2 N–H and O–H groups in total. The number of thioether (sulfide) groups is 1. The number of nitrogens with one attached hydrogen (secondary N) is 2. The van der Waals surface area contributed by atoms with Crippen molar-refractivity contribution in [3.8, 4) is 5.75 Å². The highest BCUT2D eigenvalue weighted by atomic mass is 32.2. The van der Waals surface area contributed by atoms with Gasteiger partial charge in [-0.05, 0) is 67.6 Å². The highest BCUT2D eigenvalue weighted by Crippen LogP contribution is 2.27. The third-order valence-corrected chi connectivity index (χ3v) is 5.44. The molecule has 0 unspecified atom stereocenters. The summed E-state index contributed by atoms with van der Waals surface area (Å²) >= 11 is 1.57. The van der Waals surface area contributed by atoms with Crippen LogP contribution in [0.2, 0.25) is 0 Å². The predicted molar refractivity (Wildman–Crippen MR) is 123 cm³/mol. The van der Waals surface area contributed by atoms with E-state index >= 15 is 0 Å². The van der Waals surface area contributed by atoms with Crippen molar-refractivity contribution in [3.63, 3.8) is 0 Å². The van der Waals surface area contributed by atoms with E-state index in [1.807, 2.05) is 50.4 Å². The standard InChI is InChI=1S/C24H24N2O3S/c1-15-9-10-16(2)21(13-15)26-23(27)18-7-5-6-8-20(18)25-24(28)19-12-11-17(30-4)14-22(19)29-3/h5-14H,1-4H3,(H,25,28)(H,26,27).